The van der Waals surface area contributed by atoms with Gasteiger partial charge in [0.15, 0.2) is 0 Å². The monoisotopic (exact) mass is 270 g/mol. The van der Waals surface area contributed by atoms with Gasteiger partial charge in [-0.05, 0) is 26.0 Å². The molecule has 0 atom stereocenters. The highest BCUT2D eigenvalue weighted by Gasteiger charge is 2.07. The van der Waals surface area contributed by atoms with Crippen molar-refractivity contribution >= 4 is 18.3 Å². The molecule has 0 aliphatic heterocycles. The third-order valence-electron chi connectivity index (χ3n) is 2.87. The van der Waals surface area contributed by atoms with Gasteiger partial charge in [0, 0.05) is 26.6 Å². The van der Waals surface area contributed by atoms with E-state index in [0.29, 0.717) is 6.42 Å². The van der Waals surface area contributed by atoms with Gasteiger partial charge in [-0.3, -0.25) is 4.79 Å². The van der Waals surface area contributed by atoms with Crippen molar-refractivity contribution in [2.45, 2.75) is 19.8 Å². The van der Waals surface area contributed by atoms with E-state index in [1.165, 1.54) is 11.1 Å². The quantitative estimate of drug-likeness (QED) is 0.858. The van der Waals surface area contributed by atoms with Crippen LogP contribution < -0.4 is 5.32 Å². The van der Waals surface area contributed by atoms with Gasteiger partial charge in [-0.2, -0.15) is 0 Å². The van der Waals surface area contributed by atoms with Crippen molar-refractivity contribution in [2.75, 3.05) is 27.2 Å². The van der Waals surface area contributed by atoms with E-state index in [2.05, 4.69) is 36.5 Å². The third-order valence-corrected chi connectivity index (χ3v) is 2.87. The molecular weight excluding hydrogens is 248 g/mol. The van der Waals surface area contributed by atoms with E-state index in [0.717, 1.165) is 19.5 Å². The molecule has 1 aromatic carbocycles. The number of benzene rings is 1. The summed E-state index contributed by atoms with van der Waals surface area (Å²) in [6.07, 6.45) is 1.41. The van der Waals surface area contributed by atoms with Crippen LogP contribution in [0.1, 0.15) is 17.5 Å². The number of carbonyl (C=O) groups is 1. The summed E-state index contributed by atoms with van der Waals surface area (Å²) >= 11 is 0. The maximum Gasteiger partial charge on any atom is 0.222 e. The van der Waals surface area contributed by atoms with Crippen molar-refractivity contribution in [3.05, 3.63) is 35.4 Å². The Morgan fingerprint density at radius 3 is 2.44 bits per heavy atom. The van der Waals surface area contributed by atoms with Crippen LogP contribution in [0.4, 0.5) is 0 Å². The number of amides is 1. The minimum Gasteiger partial charge on any atom is -0.344 e. The van der Waals surface area contributed by atoms with Gasteiger partial charge in [-0.1, -0.05) is 29.8 Å². The molecule has 0 aliphatic carbocycles. The Hall–Kier alpha value is -1.06. The molecule has 0 aliphatic rings. The van der Waals surface area contributed by atoms with E-state index >= 15 is 0 Å². The molecule has 102 valence electrons. The van der Waals surface area contributed by atoms with Crippen LogP contribution >= 0.6 is 12.4 Å². The second kappa shape index (κ2) is 8.95. The minimum absolute atomic E-state index is 0. The van der Waals surface area contributed by atoms with E-state index in [-0.39, 0.29) is 18.3 Å². The Balaban J connectivity index is 0.00000289. The molecular formula is C14H23ClN2O. The van der Waals surface area contributed by atoms with Crippen LogP contribution in [-0.2, 0) is 11.2 Å². The fraction of sp³-hybridized carbons (Fsp3) is 0.500. The van der Waals surface area contributed by atoms with Gasteiger partial charge in [-0.15, -0.1) is 12.4 Å². The molecule has 18 heavy (non-hydrogen) atoms. The molecule has 0 radical (unpaired) electrons. The van der Waals surface area contributed by atoms with Gasteiger partial charge in [0.25, 0.3) is 0 Å². The smallest absolute Gasteiger partial charge is 0.222 e. The zero-order valence-electron chi connectivity index (χ0n) is 11.4. The SMILES string of the molecule is CNCCN(C)C(=O)CCc1ccc(C)cc1.Cl. The van der Waals surface area contributed by atoms with Crippen molar-refractivity contribution in [3.8, 4) is 0 Å². The topological polar surface area (TPSA) is 32.3 Å². The molecule has 0 bridgehead atoms. The Kier molecular flexibility index (Phi) is 8.42. The van der Waals surface area contributed by atoms with Gasteiger partial charge in [-0.25, -0.2) is 0 Å². The first kappa shape index (κ1) is 16.9. The molecule has 0 saturated carbocycles. The number of likely N-dealkylation sites (N-methyl/N-ethyl adjacent to an activating group) is 2. The van der Waals surface area contributed by atoms with Crippen LogP contribution in [0.2, 0.25) is 0 Å². The molecule has 0 aromatic heterocycles. The number of hydrogen-bond donors (Lipinski definition) is 1. The lowest BCUT2D eigenvalue weighted by Crippen LogP contribution is -2.32. The Morgan fingerprint density at radius 2 is 1.89 bits per heavy atom. The van der Waals surface area contributed by atoms with Gasteiger partial charge < -0.3 is 10.2 Å². The molecule has 1 amide bonds. The lowest BCUT2D eigenvalue weighted by molar-refractivity contribution is -0.129. The van der Waals surface area contributed by atoms with E-state index in [9.17, 15) is 4.79 Å². The number of carbonyl (C=O) groups excluding carboxylic acids is 1. The molecule has 0 saturated heterocycles. The molecule has 4 heteroatoms. The highest BCUT2D eigenvalue weighted by molar-refractivity contribution is 5.85. The van der Waals surface area contributed by atoms with Crippen molar-refractivity contribution < 1.29 is 4.79 Å². The Labute approximate surface area is 116 Å². The third kappa shape index (κ3) is 6.03. The van der Waals surface area contributed by atoms with Crippen LogP contribution in [0.15, 0.2) is 24.3 Å². The average Bonchev–Trinajstić information content (AvgIpc) is 2.34. The van der Waals surface area contributed by atoms with Gasteiger partial charge >= 0.3 is 0 Å². The fourth-order valence-electron chi connectivity index (χ4n) is 1.60. The lowest BCUT2D eigenvalue weighted by Gasteiger charge is -2.16. The first-order chi connectivity index (χ1) is 8.13. The van der Waals surface area contributed by atoms with Crippen LogP contribution in [0.3, 0.4) is 0 Å². The second-order valence-corrected chi connectivity index (χ2v) is 4.40. The number of nitrogens with zero attached hydrogens (tertiary/aromatic N) is 1. The first-order valence-corrected chi connectivity index (χ1v) is 6.07. The van der Waals surface area contributed by atoms with E-state index < -0.39 is 0 Å². The van der Waals surface area contributed by atoms with Crippen molar-refractivity contribution in [1.29, 1.82) is 0 Å². The summed E-state index contributed by atoms with van der Waals surface area (Å²) in [5, 5.41) is 3.04. The lowest BCUT2D eigenvalue weighted by atomic mass is 10.1. The molecule has 3 nitrogen and oxygen atoms in total. The summed E-state index contributed by atoms with van der Waals surface area (Å²) in [5.74, 6) is 0.209. The largest absolute Gasteiger partial charge is 0.344 e. The molecule has 1 rings (SSSR count). The number of aryl methyl sites for hydroxylation is 2. The summed E-state index contributed by atoms with van der Waals surface area (Å²) < 4.78 is 0. The summed E-state index contributed by atoms with van der Waals surface area (Å²) in [5.41, 5.74) is 2.48. The van der Waals surface area contributed by atoms with Crippen LogP contribution in [0, 0.1) is 6.92 Å². The highest BCUT2D eigenvalue weighted by atomic mass is 35.5. The van der Waals surface area contributed by atoms with Gasteiger partial charge in [0.2, 0.25) is 5.91 Å². The predicted octanol–water partition coefficient (Wildman–Crippen LogP) is 2.03. The van der Waals surface area contributed by atoms with Gasteiger partial charge in [0.1, 0.15) is 0 Å². The van der Waals surface area contributed by atoms with Crippen molar-refractivity contribution in [3.63, 3.8) is 0 Å². The fourth-order valence-corrected chi connectivity index (χ4v) is 1.60. The normalized spacial score (nSPS) is 9.72. The Bertz CT molecular complexity index is 351. The summed E-state index contributed by atoms with van der Waals surface area (Å²) in [6, 6.07) is 8.36. The molecule has 1 aromatic rings. The zero-order chi connectivity index (χ0) is 12.7. The van der Waals surface area contributed by atoms with E-state index in [4.69, 9.17) is 0 Å². The predicted molar refractivity (Wildman–Crippen MR) is 78.3 cm³/mol. The highest BCUT2D eigenvalue weighted by Crippen LogP contribution is 2.06. The summed E-state index contributed by atoms with van der Waals surface area (Å²) in [6.45, 7) is 3.68. The van der Waals surface area contributed by atoms with E-state index in [1.54, 1.807) is 4.90 Å². The zero-order valence-corrected chi connectivity index (χ0v) is 12.2. The summed E-state index contributed by atoms with van der Waals surface area (Å²) in [7, 11) is 3.75. The maximum absolute atomic E-state index is 11.8. The number of nitrogens with one attached hydrogen (secondary N) is 1. The maximum atomic E-state index is 11.8. The van der Waals surface area contributed by atoms with Crippen molar-refractivity contribution in [2.24, 2.45) is 0 Å². The van der Waals surface area contributed by atoms with Crippen LogP contribution in [-0.4, -0.2) is 38.0 Å². The minimum atomic E-state index is 0. The number of rotatable bonds is 6. The van der Waals surface area contributed by atoms with E-state index in [1.807, 2.05) is 14.1 Å². The molecule has 0 heterocycles. The van der Waals surface area contributed by atoms with Crippen molar-refractivity contribution in [1.82, 2.24) is 10.2 Å². The molecule has 0 spiro atoms. The van der Waals surface area contributed by atoms with Gasteiger partial charge in [0.05, 0.1) is 0 Å². The number of halogens is 1. The Morgan fingerprint density at radius 1 is 1.28 bits per heavy atom. The molecule has 1 N–H and O–H groups in total. The summed E-state index contributed by atoms with van der Waals surface area (Å²) in [4.78, 5) is 13.6. The standard InChI is InChI=1S/C14H22N2O.ClH/c1-12-4-6-13(7-5-12)8-9-14(17)16(3)11-10-15-2;/h4-7,15H,8-11H2,1-3H3;1H. The molecule has 0 unspecified atom stereocenters. The van der Waals surface area contributed by atoms with Crippen LogP contribution in [0.5, 0.6) is 0 Å². The average molecular weight is 271 g/mol. The second-order valence-electron chi connectivity index (χ2n) is 4.40. The van der Waals surface area contributed by atoms with Crippen LogP contribution in [0.25, 0.3) is 0 Å². The number of hydrogen-bond acceptors (Lipinski definition) is 2. The molecule has 0 fully saturated rings. The first-order valence-electron chi connectivity index (χ1n) is 6.07.